The summed E-state index contributed by atoms with van der Waals surface area (Å²) in [7, 11) is -4.24. The number of carbonyl (C=O) groups is 1. The lowest BCUT2D eigenvalue weighted by Gasteiger charge is -2.37. The van der Waals surface area contributed by atoms with Crippen molar-refractivity contribution in [3.05, 3.63) is 41.1 Å². The van der Waals surface area contributed by atoms with E-state index in [1.807, 2.05) is 0 Å². The molecule has 1 aromatic rings. The van der Waals surface area contributed by atoms with Crippen LogP contribution in [0.5, 0.6) is 0 Å². The van der Waals surface area contributed by atoms with Crippen LogP contribution in [0.3, 0.4) is 0 Å². The van der Waals surface area contributed by atoms with Crippen LogP contribution in [0.15, 0.2) is 51.1 Å². The normalized spacial score (nSPS) is 18.5. The first-order chi connectivity index (χ1) is 13.6. The molecule has 2 amide bonds. The zero-order valence-electron chi connectivity index (χ0n) is 16.3. The van der Waals surface area contributed by atoms with Crippen molar-refractivity contribution in [1.29, 1.82) is 0 Å². The average Bonchev–Trinajstić information content (AvgIpc) is 2.70. The molecule has 1 unspecified atom stereocenters. The molecule has 1 atom stereocenters. The fourth-order valence-corrected chi connectivity index (χ4v) is 5.10. The molecular weight excluding hydrogens is 419 g/mol. The number of sulfone groups is 1. The summed E-state index contributed by atoms with van der Waals surface area (Å²) in [5, 5.41) is 7.37. The maximum atomic E-state index is 15.5. The van der Waals surface area contributed by atoms with Gasteiger partial charge in [-0.3, -0.25) is 0 Å². The van der Waals surface area contributed by atoms with Crippen molar-refractivity contribution in [2.24, 2.45) is 16.1 Å². The monoisotopic (exact) mass is 442 g/mol. The number of amides is 2. The van der Waals surface area contributed by atoms with Gasteiger partial charge in [-0.05, 0) is 44.9 Å². The molecule has 29 heavy (non-hydrogen) atoms. The highest BCUT2D eigenvalue weighted by Crippen LogP contribution is 2.39. The minimum absolute atomic E-state index is 0.150. The van der Waals surface area contributed by atoms with E-state index in [1.54, 1.807) is 13.0 Å². The van der Waals surface area contributed by atoms with Gasteiger partial charge in [-0.25, -0.2) is 17.6 Å². The first-order valence-corrected chi connectivity index (χ1v) is 10.9. The van der Waals surface area contributed by atoms with Gasteiger partial charge in [-0.2, -0.15) is 10.2 Å². The van der Waals surface area contributed by atoms with Crippen LogP contribution in [-0.2, 0) is 9.84 Å². The molecule has 1 aliphatic rings. The van der Waals surface area contributed by atoms with Crippen LogP contribution in [0.25, 0.3) is 0 Å². The molecule has 1 fully saturated rings. The first-order valence-electron chi connectivity index (χ1n) is 9.04. The Morgan fingerprint density at radius 3 is 2.62 bits per heavy atom. The maximum Gasteiger partial charge on any atom is 0.321 e. The molecule has 0 bridgehead atoms. The van der Waals surface area contributed by atoms with E-state index in [4.69, 9.17) is 11.6 Å². The Kier molecular flexibility index (Phi) is 7.54. The molecule has 1 aliphatic heterocycles. The highest BCUT2D eigenvalue weighted by atomic mass is 35.5. The summed E-state index contributed by atoms with van der Waals surface area (Å²) in [6.45, 7) is 6.50. The molecule has 1 aromatic carbocycles. The van der Waals surface area contributed by atoms with Crippen LogP contribution in [0.1, 0.15) is 26.7 Å². The van der Waals surface area contributed by atoms with Crippen molar-refractivity contribution in [3.8, 4) is 0 Å². The van der Waals surface area contributed by atoms with Gasteiger partial charge in [0.05, 0.1) is 16.8 Å². The second kappa shape index (κ2) is 9.49. The van der Waals surface area contributed by atoms with Crippen LogP contribution < -0.4 is 5.32 Å². The number of likely N-dealkylation sites (tertiary alicyclic amines) is 1. The van der Waals surface area contributed by atoms with Crippen LogP contribution in [0.4, 0.5) is 9.18 Å². The Balaban J connectivity index is 2.06. The summed E-state index contributed by atoms with van der Waals surface area (Å²) >= 11 is 5.86. The second-order valence-electron chi connectivity index (χ2n) is 6.77. The molecule has 1 heterocycles. The fourth-order valence-electron chi connectivity index (χ4n) is 3.17. The Morgan fingerprint density at radius 2 is 2.07 bits per heavy atom. The van der Waals surface area contributed by atoms with E-state index < -0.39 is 20.8 Å². The highest BCUT2D eigenvalue weighted by molar-refractivity contribution is 7.92. The molecule has 0 radical (unpaired) electrons. The van der Waals surface area contributed by atoms with E-state index in [2.05, 4.69) is 22.2 Å². The summed E-state index contributed by atoms with van der Waals surface area (Å²) < 4.78 is 41.2. The third-order valence-corrected chi connectivity index (χ3v) is 7.48. The maximum absolute atomic E-state index is 15.5. The largest absolute Gasteiger partial charge is 0.325 e. The third kappa shape index (κ3) is 5.22. The molecule has 1 N–H and O–H groups in total. The van der Waals surface area contributed by atoms with E-state index in [9.17, 15) is 13.2 Å². The number of alkyl halides is 1. The van der Waals surface area contributed by atoms with Gasteiger partial charge in [0.15, 0.2) is 0 Å². The van der Waals surface area contributed by atoms with Gasteiger partial charge in [-0.15, -0.1) is 0 Å². The van der Waals surface area contributed by atoms with Gasteiger partial charge in [0.1, 0.15) is 0 Å². The van der Waals surface area contributed by atoms with Crippen LogP contribution in [0.2, 0.25) is 5.02 Å². The van der Waals surface area contributed by atoms with Gasteiger partial charge >= 0.3 is 6.03 Å². The molecule has 0 aromatic heterocycles. The number of carbonyl (C=O) groups excluding carboxylic acids is 1. The fraction of sp³-hybridized carbons (Fsp3) is 0.421. The lowest BCUT2D eigenvalue weighted by atomic mass is 9.92. The van der Waals surface area contributed by atoms with Gasteiger partial charge < -0.3 is 10.2 Å². The number of hydrogen-bond donors (Lipinski definition) is 1. The first kappa shape index (κ1) is 23.0. The number of halogens is 2. The van der Waals surface area contributed by atoms with Crippen LogP contribution >= 0.6 is 11.6 Å². The molecule has 7 nitrogen and oxygen atoms in total. The number of nitrogens with one attached hydrogen (secondary N) is 1. The summed E-state index contributed by atoms with van der Waals surface area (Å²) in [4.78, 5) is 13.7. The van der Waals surface area contributed by atoms with Gasteiger partial charge in [0, 0.05) is 30.7 Å². The molecule has 0 spiro atoms. The molecular formula is C19H24ClFN4O3S. The van der Waals surface area contributed by atoms with Gasteiger partial charge in [0.2, 0.25) is 14.8 Å². The van der Waals surface area contributed by atoms with Crippen molar-refractivity contribution in [2.45, 2.75) is 36.6 Å². The van der Waals surface area contributed by atoms with E-state index >= 15 is 4.39 Å². The van der Waals surface area contributed by atoms with Crippen molar-refractivity contribution in [3.63, 3.8) is 0 Å². The predicted molar refractivity (Wildman–Crippen MR) is 113 cm³/mol. The van der Waals surface area contributed by atoms with E-state index in [0.29, 0.717) is 5.70 Å². The number of allylic oxidation sites excluding steroid dienone is 2. The van der Waals surface area contributed by atoms with Crippen LogP contribution in [-0.4, -0.2) is 50.4 Å². The third-order valence-electron chi connectivity index (χ3n) is 4.98. The standard InChI is InChI=1S/C19H24ClFN4O3S/c1-4-16(13-23-22-3)24-18(26)25-10-8-14(9-11-25)19(2,21)29(27,28)17-7-5-6-15(20)12-17/h4-7,12-14H,3,8-11H2,1-2H3,(H,24,26)/b16-4+,23-13-. The van der Waals surface area contributed by atoms with E-state index in [0.717, 1.165) is 6.92 Å². The molecule has 1 saturated heterocycles. The van der Waals surface area contributed by atoms with Crippen molar-refractivity contribution >= 4 is 40.4 Å². The Labute approximate surface area is 175 Å². The predicted octanol–water partition coefficient (Wildman–Crippen LogP) is 3.81. The van der Waals surface area contributed by atoms with E-state index in [-0.39, 0.29) is 41.9 Å². The van der Waals surface area contributed by atoms with Crippen molar-refractivity contribution in [1.82, 2.24) is 10.2 Å². The minimum Gasteiger partial charge on any atom is -0.325 e. The molecule has 10 heteroatoms. The average molecular weight is 443 g/mol. The number of rotatable bonds is 6. The Bertz CT molecular complexity index is 923. The zero-order valence-corrected chi connectivity index (χ0v) is 17.9. The lowest BCUT2D eigenvalue weighted by molar-refractivity contribution is 0.114. The highest BCUT2D eigenvalue weighted by Gasteiger charge is 2.48. The number of hydrogen-bond acceptors (Lipinski definition) is 5. The van der Waals surface area contributed by atoms with Gasteiger partial charge in [0.25, 0.3) is 0 Å². The Hall–Kier alpha value is -2.26. The summed E-state index contributed by atoms with van der Waals surface area (Å²) in [5.41, 5.74) is 0.448. The second-order valence-corrected chi connectivity index (χ2v) is 9.48. The van der Waals surface area contributed by atoms with Crippen LogP contribution in [0, 0.1) is 5.92 Å². The molecule has 158 valence electrons. The summed E-state index contributed by atoms with van der Waals surface area (Å²) in [6.07, 6.45) is 3.44. The van der Waals surface area contributed by atoms with Gasteiger partial charge in [-0.1, -0.05) is 23.7 Å². The smallest absolute Gasteiger partial charge is 0.321 e. The molecule has 0 aliphatic carbocycles. The molecule has 2 rings (SSSR count). The quantitative estimate of drug-likeness (QED) is 0.536. The molecule has 0 saturated carbocycles. The number of piperidine rings is 1. The topological polar surface area (TPSA) is 91.2 Å². The summed E-state index contributed by atoms with van der Waals surface area (Å²) in [5.74, 6) is -0.747. The number of nitrogens with zero attached hydrogens (tertiary/aromatic N) is 3. The van der Waals surface area contributed by atoms with Crippen molar-refractivity contribution in [2.75, 3.05) is 13.1 Å². The zero-order chi connectivity index (χ0) is 21.7. The Morgan fingerprint density at radius 1 is 1.41 bits per heavy atom. The van der Waals surface area contributed by atoms with E-state index in [1.165, 1.54) is 35.4 Å². The minimum atomic E-state index is -4.24. The summed E-state index contributed by atoms with van der Waals surface area (Å²) in [6, 6.07) is 5.21. The number of benzene rings is 1. The lowest BCUT2D eigenvalue weighted by Crippen LogP contribution is -2.49. The van der Waals surface area contributed by atoms with Crippen molar-refractivity contribution < 1.29 is 17.6 Å². The SMILES string of the molecule is C=N/N=C\C(=C/C)NC(=O)N1CCC(C(C)(F)S(=O)(=O)c2cccc(Cl)c2)CC1. The number of urea groups is 1.